The summed E-state index contributed by atoms with van der Waals surface area (Å²) >= 11 is 13.6. The van der Waals surface area contributed by atoms with E-state index >= 15 is 0 Å². The highest BCUT2D eigenvalue weighted by atomic mass is 79.9. The summed E-state index contributed by atoms with van der Waals surface area (Å²) in [6.07, 6.45) is 2.07. The van der Waals surface area contributed by atoms with Gasteiger partial charge in [-0.3, -0.25) is 0 Å². The molecule has 0 N–H and O–H groups in total. The Kier molecular flexibility index (Phi) is 7.08. The van der Waals surface area contributed by atoms with Gasteiger partial charge in [0.2, 0.25) is 0 Å². The molecule has 0 amide bonds. The van der Waals surface area contributed by atoms with Crippen molar-refractivity contribution in [3.8, 4) is 0 Å². The Balaban J connectivity index is 2.94. The highest BCUT2D eigenvalue weighted by molar-refractivity contribution is 9.09. The second-order valence-electron chi connectivity index (χ2n) is 4.12. The van der Waals surface area contributed by atoms with Crippen LogP contribution in [0.5, 0.6) is 0 Å². The molecule has 1 aromatic rings. The number of halogens is 3. The van der Waals surface area contributed by atoms with Crippen LogP contribution in [0.3, 0.4) is 0 Å². The van der Waals surface area contributed by atoms with E-state index in [2.05, 4.69) is 37.9 Å². The van der Waals surface area contributed by atoms with Gasteiger partial charge in [-0.05, 0) is 24.5 Å². The normalized spacial score (nSPS) is 11.8. The molecule has 0 saturated carbocycles. The van der Waals surface area contributed by atoms with Gasteiger partial charge in [-0.2, -0.15) is 0 Å². The molecule has 0 heterocycles. The predicted molar refractivity (Wildman–Crippen MR) is 81.8 cm³/mol. The molecule has 17 heavy (non-hydrogen) atoms. The van der Waals surface area contributed by atoms with Gasteiger partial charge in [0.25, 0.3) is 0 Å². The van der Waals surface area contributed by atoms with Crippen molar-refractivity contribution in [3.05, 3.63) is 34.9 Å². The number of alkyl halides is 2. The molecular formula is C13H17Br2ClO. The molecule has 1 nitrogen and oxygen atoms in total. The molecule has 0 fully saturated rings. The molecular weight excluding hydrogens is 367 g/mol. The molecule has 1 aromatic carbocycles. The molecule has 0 saturated heterocycles. The van der Waals surface area contributed by atoms with Crippen LogP contribution in [0, 0.1) is 0 Å². The zero-order chi connectivity index (χ0) is 12.7. The minimum Gasteiger partial charge on any atom is -0.385 e. The topological polar surface area (TPSA) is 9.23 Å². The highest BCUT2D eigenvalue weighted by Crippen LogP contribution is 2.37. The van der Waals surface area contributed by atoms with Gasteiger partial charge in [-0.25, -0.2) is 0 Å². The van der Waals surface area contributed by atoms with Crippen LogP contribution in [0.15, 0.2) is 24.3 Å². The van der Waals surface area contributed by atoms with Crippen LogP contribution in [-0.2, 0) is 10.2 Å². The SMILES string of the molecule is COCCCC(CBr)(CBr)c1ccccc1Cl. The van der Waals surface area contributed by atoms with Crippen molar-refractivity contribution in [1.29, 1.82) is 0 Å². The third kappa shape index (κ3) is 3.95. The quantitative estimate of drug-likeness (QED) is 0.485. The van der Waals surface area contributed by atoms with Crippen molar-refractivity contribution in [2.24, 2.45) is 0 Å². The molecule has 0 aliphatic carbocycles. The van der Waals surface area contributed by atoms with Crippen molar-refractivity contribution in [3.63, 3.8) is 0 Å². The third-order valence-electron chi connectivity index (χ3n) is 2.96. The van der Waals surface area contributed by atoms with Crippen LogP contribution in [0.1, 0.15) is 18.4 Å². The van der Waals surface area contributed by atoms with E-state index < -0.39 is 0 Å². The number of hydrogen-bond acceptors (Lipinski definition) is 1. The maximum absolute atomic E-state index is 6.31. The van der Waals surface area contributed by atoms with Gasteiger partial charge >= 0.3 is 0 Å². The summed E-state index contributed by atoms with van der Waals surface area (Å²) in [4.78, 5) is 0. The molecule has 0 bridgehead atoms. The second-order valence-corrected chi connectivity index (χ2v) is 5.65. The predicted octanol–water partition coefficient (Wildman–Crippen LogP) is 4.79. The summed E-state index contributed by atoms with van der Waals surface area (Å²) in [7, 11) is 1.74. The monoisotopic (exact) mass is 382 g/mol. The summed E-state index contributed by atoms with van der Waals surface area (Å²) in [5, 5.41) is 2.61. The van der Waals surface area contributed by atoms with Crippen LogP contribution in [-0.4, -0.2) is 24.4 Å². The maximum Gasteiger partial charge on any atom is 0.0462 e. The van der Waals surface area contributed by atoms with Gasteiger partial charge in [0.1, 0.15) is 0 Å². The molecule has 96 valence electrons. The van der Waals surface area contributed by atoms with Crippen LogP contribution >= 0.6 is 43.5 Å². The number of benzene rings is 1. The first-order valence-corrected chi connectivity index (χ1v) is 8.18. The molecule has 0 aliphatic rings. The minimum absolute atomic E-state index is 0.0386. The summed E-state index contributed by atoms with van der Waals surface area (Å²) in [5.74, 6) is 0. The van der Waals surface area contributed by atoms with Gasteiger partial charge in [0.15, 0.2) is 0 Å². The number of hydrogen-bond donors (Lipinski definition) is 0. The Labute approximate surface area is 125 Å². The Morgan fingerprint density at radius 1 is 1.24 bits per heavy atom. The standard InChI is InChI=1S/C13H17Br2ClO/c1-17-8-4-7-13(9-14,10-15)11-5-2-3-6-12(11)16/h2-3,5-6H,4,7-10H2,1H3. The zero-order valence-electron chi connectivity index (χ0n) is 9.89. The van der Waals surface area contributed by atoms with E-state index in [4.69, 9.17) is 16.3 Å². The fraction of sp³-hybridized carbons (Fsp3) is 0.538. The average molecular weight is 385 g/mol. The van der Waals surface area contributed by atoms with E-state index in [1.807, 2.05) is 18.2 Å². The molecule has 0 unspecified atom stereocenters. The van der Waals surface area contributed by atoms with Crippen molar-refractivity contribution in [1.82, 2.24) is 0 Å². The Morgan fingerprint density at radius 3 is 2.41 bits per heavy atom. The van der Waals surface area contributed by atoms with Crippen molar-refractivity contribution < 1.29 is 4.74 Å². The Morgan fingerprint density at radius 2 is 1.88 bits per heavy atom. The Bertz CT molecular complexity index is 340. The molecule has 0 aromatic heterocycles. The van der Waals surface area contributed by atoms with E-state index in [1.54, 1.807) is 7.11 Å². The first kappa shape index (κ1) is 15.5. The maximum atomic E-state index is 6.31. The van der Waals surface area contributed by atoms with Crippen molar-refractivity contribution in [2.45, 2.75) is 18.3 Å². The fourth-order valence-electron chi connectivity index (χ4n) is 1.89. The van der Waals surface area contributed by atoms with Gasteiger partial charge in [0, 0.05) is 34.8 Å². The lowest BCUT2D eigenvalue weighted by Gasteiger charge is -2.31. The summed E-state index contributed by atoms with van der Waals surface area (Å²) in [6.45, 7) is 0.784. The number of ether oxygens (including phenoxy) is 1. The number of methoxy groups -OCH3 is 1. The zero-order valence-corrected chi connectivity index (χ0v) is 13.8. The molecule has 0 spiro atoms. The van der Waals surface area contributed by atoms with Gasteiger partial charge in [-0.15, -0.1) is 0 Å². The summed E-state index contributed by atoms with van der Waals surface area (Å²) in [6, 6.07) is 8.07. The molecule has 0 radical (unpaired) electrons. The first-order valence-electron chi connectivity index (χ1n) is 5.56. The van der Waals surface area contributed by atoms with Crippen molar-refractivity contribution in [2.75, 3.05) is 24.4 Å². The Hall–Kier alpha value is 0.430. The number of rotatable bonds is 7. The average Bonchev–Trinajstić information content (AvgIpc) is 2.36. The lowest BCUT2D eigenvalue weighted by molar-refractivity contribution is 0.186. The largest absolute Gasteiger partial charge is 0.385 e. The van der Waals surface area contributed by atoms with Crippen LogP contribution in [0.4, 0.5) is 0 Å². The van der Waals surface area contributed by atoms with Gasteiger partial charge in [0.05, 0.1) is 0 Å². The fourth-order valence-corrected chi connectivity index (χ4v) is 4.32. The lowest BCUT2D eigenvalue weighted by atomic mass is 9.80. The van der Waals surface area contributed by atoms with Gasteiger partial charge in [-0.1, -0.05) is 61.7 Å². The summed E-state index contributed by atoms with van der Waals surface area (Å²) < 4.78 is 5.13. The van der Waals surface area contributed by atoms with Crippen LogP contribution in [0.2, 0.25) is 5.02 Å². The molecule has 0 atom stereocenters. The van der Waals surface area contributed by atoms with E-state index in [0.717, 1.165) is 35.1 Å². The van der Waals surface area contributed by atoms with E-state index in [-0.39, 0.29) is 5.41 Å². The second kappa shape index (κ2) is 7.78. The molecule has 4 heteroatoms. The minimum atomic E-state index is 0.0386. The van der Waals surface area contributed by atoms with E-state index in [9.17, 15) is 0 Å². The van der Waals surface area contributed by atoms with Crippen LogP contribution < -0.4 is 0 Å². The van der Waals surface area contributed by atoms with Crippen LogP contribution in [0.25, 0.3) is 0 Å². The molecule has 1 rings (SSSR count). The molecule has 0 aliphatic heterocycles. The first-order chi connectivity index (χ1) is 8.20. The highest BCUT2D eigenvalue weighted by Gasteiger charge is 2.31. The third-order valence-corrected chi connectivity index (χ3v) is 5.44. The lowest BCUT2D eigenvalue weighted by Crippen LogP contribution is -2.31. The summed E-state index contributed by atoms with van der Waals surface area (Å²) in [5.41, 5.74) is 1.24. The smallest absolute Gasteiger partial charge is 0.0462 e. The van der Waals surface area contributed by atoms with E-state index in [1.165, 1.54) is 5.56 Å². The van der Waals surface area contributed by atoms with Gasteiger partial charge < -0.3 is 4.74 Å². The van der Waals surface area contributed by atoms with Crippen molar-refractivity contribution >= 4 is 43.5 Å². The van der Waals surface area contributed by atoms with E-state index in [0.29, 0.717) is 0 Å².